The first-order chi connectivity index (χ1) is 12.8. The third-order valence-electron chi connectivity index (χ3n) is 3.99. The van der Waals surface area contributed by atoms with E-state index in [0.717, 1.165) is 10.5 Å². The van der Waals surface area contributed by atoms with E-state index in [0.29, 0.717) is 18.0 Å². The summed E-state index contributed by atoms with van der Waals surface area (Å²) in [6.07, 6.45) is 1.63. The highest BCUT2D eigenvalue weighted by molar-refractivity contribution is 8.02. The second-order valence-electron chi connectivity index (χ2n) is 7.05. The Morgan fingerprint density at radius 1 is 1.04 bits per heavy atom. The first kappa shape index (κ1) is 20.9. The Kier molecular flexibility index (Phi) is 7.36. The molecule has 27 heavy (non-hydrogen) atoms. The predicted octanol–water partition coefficient (Wildman–Crippen LogP) is 5.14. The van der Waals surface area contributed by atoms with Gasteiger partial charge < -0.3 is 14.4 Å². The quantitative estimate of drug-likeness (QED) is 0.489. The molecule has 0 aliphatic heterocycles. The zero-order chi connectivity index (χ0) is 19.9. The van der Waals surface area contributed by atoms with Gasteiger partial charge in [-0.25, -0.2) is 0 Å². The zero-order valence-corrected chi connectivity index (χ0v) is 17.4. The second kappa shape index (κ2) is 9.51. The monoisotopic (exact) mass is 385 g/mol. The van der Waals surface area contributed by atoms with Crippen molar-refractivity contribution < 1.29 is 14.3 Å². The number of ether oxygens (including phenoxy) is 2. The lowest BCUT2D eigenvalue weighted by atomic mass is 10.0. The number of carbonyl (C=O) groups is 1. The molecule has 4 nitrogen and oxygen atoms in total. The minimum absolute atomic E-state index is 0.0345. The van der Waals surface area contributed by atoms with Crippen LogP contribution in [0, 0.1) is 0 Å². The summed E-state index contributed by atoms with van der Waals surface area (Å²) < 4.78 is 10.7. The average molecular weight is 386 g/mol. The lowest BCUT2D eigenvalue weighted by molar-refractivity contribution is -0.131. The van der Waals surface area contributed by atoms with Crippen molar-refractivity contribution in [2.24, 2.45) is 0 Å². The van der Waals surface area contributed by atoms with E-state index < -0.39 is 0 Å². The summed E-state index contributed by atoms with van der Waals surface area (Å²) in [5, 5.41) is 1.84. The minimum Gasteiger partial charge on any atom is -0.497 e. The number of nitrogens with zero attached hydrogens (tertiary/aromatic N) is 1. The topological polar surface area (TPSA) is 38.8 Å². The molecule has 0 bridgehead atoms. The van der Waals surface area contributed by atoms with Crippen LogP contribution >= 0.6 is 11.8 Å². The number of benzene rings is 2. The Balaban J connectivity index is 2.16. The van der Waals surface area contributed by atoms with Gasteiger partial charge in [0.05, 0.1) is 14.2 Å². The predicted molar refractivity (Wildman–Crippen MR) is 111 cm³/mol. The van der Waals surface area contributed by atoms with Gasteiger partial charge >= 0.3 is 0 Å². The molecule has 2 aromatic carbocycles. The van der Waals surface area contributed by atoms with Gasteiger partial charge in [-0.05, 0) is 56.0 Å². The Bertz CT molecular complexity index is 760. The normalized spacial score (nSPS) is 11.4. The van der Waals surface area contributed by atoms with E-state index in [4.69, 9.17) is 9.47 Å². The largest absolute Gasteiger partial charge is 0.497 e. The van der Waals surface area contributed by atoms with Gasteiger partial charge in [-0.1, -0.05) is 30.0 Å². The fourth-order valence-electron chi connectivity index (χ4n) is 2.55. The molecule has 0 heterocycles. The summed E-state index contributed by atoms with van der Waals surface area (Å²) in [5.41, 5.74) is 0.633. The molecule has 2 rings (SSSR count). The maximum absolute atomic E-state index is 12.9. The molecule has 0 saturated carbocycles. The molecule has 0 saturated heterocycles. The van der Waals surface area contributed by atoms with Crippen LogP contribution in [0.3, 0.4) is 0 Å². The number of thioether (sulfide) groups is 1. The molecule has 0 spiro atoms. The molecule has 1 amide bonds. The third-order valence-corrected chi connectivity index (χ3v) is 4.80. The summed E-state index contributed by atoms with van der Waals surface area (Å²) in [7, 11) is 3.24. The van der Waals surface area contributed by atoms with Gasteiger partial charge in [0.25, 0.3) is 0 Å². The van der Waals surface area contributed by atoms with Gasteiger partial charge in [-0.15, -0.1) is 0 Å². The lowest BCUT2D eigenvalue weighted by Crippen LogP contribution is -2.44. The van der Waals surface area contributed by atoms with Crippen molar-refractivity contribution in [1.82, 2.24) is 4.90 Å². The van der Waals surface area contributed by atoms with Crippen LogP contribution in [0.15, 0.2) is 64.9 Å². The number of rotatable bonds is 7. The SMILES string of the molecule is COc1cc(CN(C(=O)/C=C\Sc2ccccc2)C(C)(C)C)cc(OC)c1. The van der Waals surface area contributed by atoms with Crippen LogP contribution in [0.25, 0.3) is 0 Å². The molecule has 0 N–H and O–H groups in total. The van der Waals surface area contributed by atoms with Crippen LogP contribution in [0.1, 0.15) is 26.3 Å². The van der Waals surface area contributed by atoms with Crippen LogP contribution in [0.2, 0.25) is 0 Å². The highest BCUT2D eigenvalue weighted by Crippen LogP contribution is 2.26. The van der Waals surface area contributed by atoms with Crippen molar-refractivity contribution in [3.05, 3.63) is 65.6 Å². The van der Waals surface area contributed by atoms with Gasteiger partial charge in [0.15, 0.2) is 0 Å². The molecule has 2 aromatic rings. The first-order valence-corrected chi connectivity index (χ1v) is 9.63. The molecule has 144 valence electrons. The Morgan fingerprint density at radius 2 is 1.63 bits per heavy atom. The number of hydrogen-bond acceptors (Lipinski definition) is 4. The fourth-order valence-corrected chi connectivity index (χ4v) is 3.20. The molecular formula is C22H27NO3S. The van der Waals surface area contributed by atoms with Crippen LogP contribution in [-0.4, -0.2) is 30.6 Å². The van der Waals surface area contributed by atoms with Crippen LogP contribution in [0.5, 0.6) is 11.5 Å². The Labute approximate surface area is 166 Å². The van der Waals surface area contributed by atoms with E-state index in [1.54, 1.807) is 20.3 Å². The number of methoxy groups -OCH3 is 2. The molecular weight excluding hydrogens is 358 g/mol. The van der Waals surface area contributed by atoms with E-state index in [1.165, 1.54) is 11.8 Å². The van der Waals surface area contributed by atoms with Gasteiger partial charge in [0, 0.05) is 29.1 Å². The van der Waals surface area contributed by atoms with Crippen molar-refractivity contribution in [3.63, 3.8) is 0 Å². The molecule has 5 heteroatoms. The molecule has 0 aliphatic rings. The van der Waals surface area contributed by atoms with Crippen molar-refractivity contribution >= 4 is 17.7 Å². The molecule has 0 radical (unpaired) electrons. The van der Waals surface area contributed by atoms with Crippen molar-refractivity contribution in [2.45, 2.75) is 37.8 Å². The summed E-state index contributed by atoms with van der Waals surface area (Å²) in [5.74, 6) is 1.38. The van der Waals surface area contributed by atoms with E-state index in [1.807, 2.05) is 79.6 Å². The number of amides is 1. The number of carbonyl (C=O) groups excluding carboxylic acids is 1. The van der Waals surface area contributed by atoms with E-state index in [9.17, 15) is 4.79 Å². The summed E-state index contributed by atoms with van der Waals surface area (Å²) in [6.45, 7) is 6.55. The average Bonchev–Trinajstić information content (AvgIpc) is 2.65. The fraction of sp³-hybridized carbons (Fsp3) is 0.318. The second-order valence-corrected chi connectivity index (χ2v) is 8.03. The van der Waals surface area contributed by atoms with Gasteiger partial charge in [0.2, 0.25) is 5.91 Å². The van der Waals surface area contributed by atoms with Crippen LogP contribution in [-0.2, 0) is 11.3 Å². The van der Waals surface area contributed by atoms with E-state index in [2.05, 4.69) is 0 Å². The zero-order valence-electron chi connectivity index (χ0n) is 16.6. The Hall–Kier alpha value is -2.40. The Morgan fingerprint density at radius 3 is 2.15 bits per heavy atom. The highest BCUT2D eigenvalue weighted by Gasteiger charge is 2.25. The van der Waals surface area contributed by atoms with Crippen LogP contribution < -0.4 is 9.47 Å². The van der Waals surface area contributed by atoms with Gasteiger partial charge in [0.1, 0.15) is 11.5 Å². The third kappa shape index (κ3) is 6.36. The molecule has 0 atom stereocenters. The van der Waals surface area contributed by atoms with Gasteiger partial charge in [-0.3, -0.25) is 4.79 Å². The van der Waals surface area contributed by atoms with Crippen molar-refractivity contribution in [1.29, 1.82) is 0 Å². The van der Waals surface area contributed by atoms with E-state index >= 15 is 0 Å². The molecule has 0 unspecified atom stereocenters. The van der Waals surface area contributed by atoms with Gasteiger partial charge in [-0.2, -0.15) is 0 Å². The summed E-state index contributed by atoms with van der Waals surface area (Å²) in [6, 6.07) is 15.7. The number of hydrogen-bond donors (Lipinski definition) is 0. The van der Waals surface area contributed by atoms with Crippen LogP contribution in [0.4, 0.5) is 0 Å². The molecule has 0 aliphatic carbocycles. The lowest BCUT2D eigenvalue weighted by Gasteiger charge is -2.35. The maximum atomic E-state index is 12.9. The minimum atomic E-state index is -0.324. The standard InChI is InChI=1S/C22H27NO3S/c1-22(2,3)23(16-17-13-18(25-4)15-19(14-17)26-5)21(24)11-12-27-20-9-7-6-8-10-20/h6-15H,16H2,1-5H3/b12-11-. The van der Waals surface area contributed by atoms with E-state index in [-0.39, 0.29) is 11.4 Å². The van der Waals surface area contributed by atoms with Crippen molar-refractivity contribution in [3.8, 4) is 11.5 Å². The maximum Gasteiger partial charge on any atom is 0.247 e. The highest BCUT2D eigenvalue weighted by atomic mass is 32.2. The summed E-state index contributed by atoms with van der Waals surface area (Å²) in [4.78, 5) is 15.8. The van der Waals surface area contributed by atoms with Crippen molar-refractivity contribution in [2.75, 3.05) is 14.2 Å². The molecule has 0 fully saturated rings. The first-order valence-electron chi connectivity index (χ1n) is 8.75. The molecule has 0 aromatic heterocycles. The summed E-state index contributed by atoms with van der Waals surface area (Å²) >= 11 is 1.53. The smallest absolute Gasteiger partial charge is 0.247 e.